The number of nitrogens with zero attached hydrogens (tertiary/aromatic N) is 1. The fourth-order valence-electron chi connectivity index (χ4n) is 2.97. The summed E-state index contributed by atoms with van der Waals surface area (Å²) in [7, 11) is 0. The molecular weight excluding hydrogens is 258 g/mol. The monoisotopic (exact) mass is 275 g/mol. The maximum absolute atomic E-state index is 12.5. The maximum Gasteiger partial charge on any atom is 0.308 e. The van der Waals surface area contributed by atoms with E-state index in [1.807, 2.05) is 31.2 Å². The quantitative estimate of drug-likeness (QED) is 0.888. The number of para-hydroxylation sites is 1. The van der Waals surface area contributed by atoms with Gasteiger partial charge in [0.05, 0.1) is 5.92 Å². The van der Waals surface area contributed by atoms with Crippen molar-refractivity contribution < 1.29 is 19.4 Å². The summed E-state index contributed by atoms with van der Waals surface area (Å²) in [5.74, 6) is -0.616. The van der Waals surface area contributed by atoms with Gasteiger partial charge in [0.25, 0.3) is 5.91 Å². The second-order valence-corrected chi connectivity index (χ2v) is 5.47. The molecule has 1 N–H and O–H groups in total. The first-order valence-corrected chi connectivity index (χ1v) is 6.85. The minimum absolute atomic E-state index is 0.00239. The molecule has 20 heavy (non-hydrogen) atoms. The molecule has 0 aliphatic carbocycles. The molecule has 1 aromatic carbocycles. The van der Waals surface area contributed by atoms with Crippen molar-refractivity contribution in [3.8, 4) is 5.75 Å². The largest absolute Gasteiger partial charge is 0.481 e. The summed E-state index contributed by atoms with van der Waals surface area (Å²) >= 11 is 0. The number of amides is 1. The van der Waals surface area contributed by atoms with Crippen molar-refractivity contribution in [3.05, 3.63) is 29.8 Å². The van der Waals surface area contributed by atoms with Crippen LogP contribution in [0.2, 0.25) is 0 Å². The second-order valence-electron chi connectivity index (χ2n) is 5.47. The van der Waals surface area contributed by atoms with Gasteiger partial charge in [-0.25, -0.2) is 0 Å². The number of fused-ring (bicyclic) bond motifs is 1. The van der Waals surface area contributed by atoms with Crippen LogP contribution in [0.5, 0.6) is 5.75 Å². The van der Waals surface area contributed by atoms with Gasteiger partial charge in [-0.2, -0.15) is 0 Å². The van der Waals surface area contributed by atoms with Crippen LogP contribution < -0.4 is 4.74 Å². The topological polar surface area (TPSA) is 66.8 Å². The fourth-order valence-corrected chi connectivity index (χ4v) is 2.97. The molecule has 106 valence electrons. The van der Waals surface area contributed by atoms with Crippen LogP contribution in [0.3, 0.4) is 0 Å². The van der Waals surface area contributed by atoms with E-state index in [1.54, 1.807) is 4.90 Å². The van der Waals surface area contributed by atoms with E-state index in [0.717, 1.165) is 11.3 Å². The summed E-state index contributed by atoms with van der Waals surface area (Å²) in [4.78, 5) is 25.1. The van der Waals surface area contributed by atoms with Crippen molar-refractivity contribution in [1.29, 1.82) is 0 Å². The van der Waals surface area contributed by atoms with Gasteiger partial charge in [-0.15, -0.1) is 0 Å². The first-order chi connectivity index (χ1) is 9.58. The van der Waals surface area contributed by atoms with Gasteiger partial charge < -0.3 is 14.7 Å². The van der Waals surface area contributed by atoms with Gasteiger partial charge in [0, 0.05) is 24.6 Å². The summed E-state index contributed by atoms with van der Waals surface area (Å²) in [5.41, 5.74) is 1.04. The number of benzene rings is 1. The standard InChI is InChI=1S/C15H17NO4/c1-9-11-4-2-3-5-12(11)20-13(9)14(17)16-7-6-10(8-16)15(18)19/h2-5,9-10,13H,6-8H2,1H3,(H,18,19). The van der Waals surface area contributed by atoms with Crippen LogP contribution in [0.1, 0.15) is 24.8 Å². The highest BCUT2D eigenvalue weighted by atomic mass is 16.5. The van der Waals surface area contributed by atoms with Crippen LogP contribution >= 0.6 is 0 Å². The first-order valence-electron chi connectivity index (χ1n) is 6.85. The van der Waals surface area contributed by atoms with Crippen molar-refractivity contribution in [1.82, 2.24) is 4.90 Å². The molecule has 0 bridgehead atoms. The summed E-state index contributed by atoms with van der Waals surface area (Å²) in [6.07, 6.45) is -0.00489. The molecule has 0 spiro atoms. The van der Waals surface area contributed by atoms with Crippen molar-refractivity contribution in [2.45, 2.75) is 25.4 Å². The smallest absolute Gasteiger partial charge is 0.308 e. The molecule has 1 fully saturated rings. The molecule has 2 heterocycles. The fraction of sp³-hybridized carbons (Fsp3) is 0.467. The first kappa shape index (κ1) is 13.0. The Kier molecular flexibility index (Phi) is 3.12. The van der Waals surface area contributed by atoms with Gasteiger partial charge in [-0.1, -0.05) is 25.1 Å². The molecule has 3 unspecified atom stereocenters. The zero-order chi connectivity index (χ0) is 14.3. The summed E-state index contributed by atoms with van der Waals surface area (Å²) < 4.78 is 5.75. The number of carbonyl (C=O) groups excluding carboxylic acids is 1. The third kappa shape index (κ3) is 2.03. The number of aliphatic carboxylic acids is 1. The lowest BCUT2D eigenvalue weighted by molar-refractivity contribution is -0.142. The lowest BCUT2D eigenvalue weighted by Crippen LogP contribution is -2.41. The Morgan fingerprint density at radius 3 is 2.75 bits per heavy atom. The van der Waals surface area contributed by atoms with Crippen molar-refractivity contribution >= 4 is 11.9 Å². The predicted molar refractivity (Wildman–Crippen MR) is 71.6 cm³/mol. The summed E-state index contributed by atoms with van der Waals surface area (Å²) in [5, 5.41) is 9.00. The van der Waals surface area contributed by atoms with E-state index in [9.17, 15) is 9.59 Å². The zero-order valence-electron chi connectivity index (χ0n) is 11.3. The van der Waals surface area contributed by atoms with Crippen molar-refractivity contribution in [2.75, 3.05) is 13.1 Å². The molecule has 1 amide bonds. The van der Waals surface area contributed by atoms with Gasteiger partial charge in [0.2, 0.25) is 0 Å². The Balaban J connectivity index is 1.73. The van der Waals surface area contributed by atoms with Gasteiger partial charge in [0.1, 0.15) is 5.75 Å². The normalized spacial score (nSPS) is 28.1. The number of carboxylic acid groups (broad SMARTS) is 1. The lowest BCUT2D eigenvalue weighted by Gasteiger charge is -2.22. The average molecular weight is 275 g/mol. The van der Waals surface area contributed by atoms with Crippen LogP contribution in [-0.2, 0) is 9.59 Å². The van der Waals surface area contributed by atoms with E-state index in [2.05, 4.69) is 0 Å². The number of carbonyl (C=O) groups is 2. The molecule has 1 saturated heterocycles. The summed E-state index contributed by atoms with van der Waals surface area (Å²) in [6.45, 7) is 2.76. The molecule has 3 atom stereocenters. The molecule has 1 aromatic rings. The van der Waals surface area contributed by atoms with Crippen LogP contribution in [0.25, 0.3) is 0 Å². The van der Waals surface area contributed by atoms with Crippen molar-refractivity contribution in [3.63, 3.8) is 0 Å². The Hall–Kier alpha value is -2.04. The molecule has 5 nitrogen and oxygen atoms in total. The molecule has 0 radical (unpaired) electrons. The van der Waals surface area contributed by atoms with E-state index in [4.69, 9.17) is 9.84 Å². The molecular formula is C15H17NO4. The summed E-state index contributed by atoms with van der Waals surface area (Å²) in [6, 6.07) is 7.65. The minimum Gasteiger partial charge on any atom is -0.481 e. The van der Waals surface area contributed by atoms with Crippen LogP contribution in [-0.4, -0.2) is 41.1 Å². The van der Waals surface area contributed by atoms with Crippen LogP contribution in [0.4, 0.5) is 0 Å². The van der Waals surface area contributed by atoms with E-state index in [1.165, 1.54) is 0 Å². The number of rotatable bonds is 2. The van der Waals surface area contributed by atoms with Gasteiger partial charge in [-0.05, 0) is 12.5 Å². The van der Waals surface area contributed by atoms with Crippen molar-refractivity contribution in [2.24, 2.45) is 5.92 Å². The maximum atomic E-state index is 12.5. The predicted octanol–water partition coefficient (Wildman–Crippen LogP) is 1.48. The van der Waals surface area contributed by atoms with E-state index in [-0.39, 0.29) is 18.4 Å². The van der Waals surface area contributed by atoms with Crippen LogP contribution in [0.15, 0.2) is 24.3 Å². The second kappa shape index (κ2) is 4.81. The SMILES string of the molecule is CC1c2ccccc2OC1C(=O)N1CCC(C(=O)O)C1. The third-order valence-corrected chi connectivity index (χ3v) is 4.21. The lowest BCUT2D eigenvalue weighted by atomic mass is 9.97. The highest BCUT2D eigenvalue weighted by Gasteiger charge is 2.41. The number of ether oxygens (including phenoxy) is 1. The van der Waals surface area contributed by atoms with E-state index >= 15 is 0 Å². The number of likely N-dealkylation sites (tertiary alicyclic amines) is 1. The zero-order valence-corrected chi connectivity index (χ0v) is 11.3. The molecule has 0 aromatic heterocycles. The third-order valence-electron chi connectivity index (χ3n) is 4.21. The highest BCUT2D eigenvalue weighted by molar-refractivity contribution is 5.84. The van der Waals surface area contributed by atoms with E-state index in [0.29, 0.717) is 13.0 Å². The van der Waals surface area contributed by atoms with Crippen LogP contribution in [0, 0.1) is 5.92 Å². The molecule has 3 rings (SSSR count). The Bertz CT molecular complexity index is 557. The van der Waals surface area contributed by atoms with E-state index < -0.39 is 18.0 Å². The molecule has 2 aliphatic rings. The molecule has 0 saturated carbocycles. The highest BCUT2D eigenvalue weighted by Crippen LogP contribution is 2.38. The number of hydrogen-bond acceptors (Lipinski definition) is 3. The average Bonchev–Trinajstić information content (AvgIpc) is 3.04. The Labute approximate surface area is 117 Å². The Morgan fingerprint density at radius 1 is 1.35 bits per heavy atom. The molecule has 5 heteroatoms. The van der Waals surface area contributed by atoms with Gasteiger partial charge >= 0.3 is 5.97 Å². The van der Waals surface area contributed by atoms with Gasteiger partial charge in [-0.3, -0.25) is 9.59 Å². The Morgan fingerprint density at radius 2 is 2.10 bits per heavy atom. The number of hydrogen-bond donors (Lipinski definition) is 1. The molecule has 2 aliphatic heterocycles. The minimum atomic E-state index is -0.830. The number of carboxylic acids is 1. The van der Waals surface area contributed by atoms with Gasteiger partial charge in [0.15, 0.2) is 6.10 Å².